The minimum Gasteiger partial charge on any atom is -0.507 e. The molecule has 0 saturated heterocycles. The van der Waals surface area contributed by atoms with Gasteiger partial charge in [0, 0.05) is 5.56 Å². The minimum absolute atomic E-state index is 0.0212. The summed E-state index contributed by atoms with van der Waals surface area (Å²) in [5.41, 5.74) is 1.74. The van der Waals surface area contributed by atoms with E-state index in [2.05, 4.69) is 20.8 Å². The Morgan fingerprint density at radius 2 is 1.52 bits per heavy atom. The molecule has 0 bridgehead atoms. The first-order valence-corrected chi connectivity index (χ1v) is 11.1. The molecule has 1 N–H and O–H groups in total. The van der Waals surface area contributed by atoms with Gasteiger partial charge in [-0.1, -0.05) is 77.8 Å². The zero-order valence-electron chi connectivity index (χ0n) is 18.0. The fourth-order valence-electron chi connectivity index (χ4n) is 4.45. The lowest BCUT2D eigenvalue weighted by Crippen LogP contribution is -2.13. The van der Waals surface area contributed by atoms with Crippen molar-refractivity contribution < 1.29 is 13.9 Å². The summed E-state index contributed by atoms with van der Waals surface area (Å²) >= 11 is 0. The van der Waals surface area contributed by atoms with E-state index in [-0.39, 0.29) is 22.3 Å². The molecule has 2 aromatic rings. The second-order valence-electron chi connectivity index (χ2n) is 9.63. The van der Waals surface area contributed by atoms with Crippen LogP contribution < -0.4 is 0 Å². The van der Waals surface area contributed by atoms with Crippen LogP contribution in [-0.2, 0) is 11.8 Å². The fraction of sp³-hybridized carbons (Fsp3) is 0.538. The monoisotopic (exact) mass is 400 g/mol. The highest BCUT2D eigenvalue weighted by Gasteiger charge is 2.23. The van der Waals surface area contributed by atoms with Crippen molar-refractivity contribution in [3.8, 4) is 16.9 Å². The summed E-state index contributed by atoms with van der Waals surface area (Å²) in [5.74, 6) is -0.593. The van der Waals surface area contributed by atoms with Gasteiger partial charge in [-0.3, -0.25) is 0 Å². The summed E-state index contributed by atoms with van der Waals surface area (Å²) in [6.45, 7) is 6.25. The number of phenolic OH excluding ortho intramolecular Hbond substituents is 1. The fourth-order valence-corrected chi connectivity index (χ4v) is 4.45. The molecule has 0 heterocycles. The number of benzene rings is 2. The molecule has 0 aromatic heterocycles. The van der Waals surface area contributed by atoms with E-state index in [0.717, 1.165) is 24.0 Å². The number of hydrogen-bond donors (Lipinski definition) is 1. The van der Waals surface area contributed by atoms with Gasteiger partial charge >= 0.3 is 0 Å². The van der Waals surface area contributed by atoms with Crippen LogP contribution in [0.2, 0.25) is 0 Å². The van der Waals surface area contributed by atoms with Crippen LogP contribution in [-0.4, -0.2) is 5.11 Å². The Kier molecular flexibility index (Phi) is 6.97. The van der Waals surface area contributed by atoms with Crippen LogP contribution in [0.15, 0.2) is 30.3 Å². The molecule has 0 radical (unpaired) electrons. The molecule has 3 rings (SSSR count). The summed E-state index contributed by atoms with van der Waals surface area (Å²) in [7, 11) is 0. The Hall–Kier alpha value is -1.90. The van der Waals surface area contributed by atoms with Crippen molar-refractivity contribution >= 4 is 0 Å². The van der Waals surface area contributed by atoms with Crippen LogP contribution in [0, 0.1) is 17.6 Å². The first-order chi connectivity index (χ1) is 13.8. The quantitative estimate of drug-likeness (QED) is 0.552. The maximum absolute atomic E-state index is 14.5. The van der Waals surface area contributed by atoms with Crippen molar-refractivity contribution in [2.75, 3.05) is 0 Å². The molecule has 0 atom stereocenters. The summed E-state index contributed by atoms with van der Waals surface area (Å²) in [6.07, 6.45) is 10.8. The second-order valence-corrected chi connectivity index (χ2v) is 9.63. The lowest BCUT2D eigenvalue weighted by atomic mass is 9.81. The third-order valence-corrected chi connectivity index (χ3v) is 6.33. The van der Waals surface area contributed by atoms with Crippen molar-refractivity contribution in [2.45, 2.75) is 84.0 Å². The molecule has 0 spiro atoms. The van der Waals surface area contributed by atoms with Crippen LogP contribution in [0.1, 0.15) is 83.3 Å². The van der Waals surface area contributed by atoms with Gasteiger partial charge in [0.25, 0.3) is 0 Å². The van der Waals surface area contributed by atoms with E-state index < -0.39 is 11.6 Å². The van der Waals surface area contributed by atoms with E-state index in [1.165, 1.54) is 63.1 Å². The van der Waals surface area contributed by atoms with Gasteiger partial charge in [-0.15, -0.1) is 0 Å². The summed E-state index contributed by atoms with van der Waals surface area (Å²) in [5, 5.41) is 11.0. The smallest absolute Gasteiger partial charge is 0.134 e. The molecule has 158 valence electrons. The number of hydrogen-bond acceptors (Lipinski definition) is 1. The maximum atomic E-state index is 14.5. The normalized spacial score (nSPS) is 16.4. The first kappa shape index (κ1) is 21.8. The topological polar surface area (TPSA) is 20.2 Å². The molecule has 1 nitrogen and oxygen atoms in total. The highest BCUT2D eigenvalue weighted by atomic mass is 19.1. The molecule has 1 aliphatic rings. The van der Waals surface area contributed by atoms with Gasteiger partial charge < -0.3 is 5.11 Å². The predicted molar refractivity (Wildman–Crippen MR) is 116 cm³/mol. The molecule has 0 unspecified atom stereocenters. The van der Waals surface area contributed by atoms with Crippen LogP contribution in [0.5, 0.6) is 5.75 Å². The molecule has 1 saturated carbocycles. The predicted octanol–water partition coefficient (Wildman–Crippen LogP) is 7.93. The van der Waals surface area contributed by atoms with Gasteiger partial charge in [0.2, 0.25) is 0 Å². The third-order valence-electron chi connectivity index (χ3n) is 6.33. The third kappa shape index (κ3) is 5.38. The van der Waals surface area contributed by atoms with Crippen molar-refractivity contribution in [1.82, 2.24) is 0 Å². The van der Waals surface area contributed by atoms with Gasteiger partial charge in [-0.2, -0.15) is 0 Å². The number of rotatable bonds is 4. The van der Waals surface area contributed by atoms with Crippen molar-refractivity contribution in [1.29, 1.82) is 0 Å². The zero-order chi connectivity index (χ0) is 21.0. The van der Waals surface area contributed by atoms with Gasteiger partial charge in [0.15, 0.2) is 0 Å². The van der Waals surface area contributed by atoms with Crippen molar-refractivity contribution in [3.05, 3.63) is 53.1 Å². The summed E-state index contributed by atoms with van der Waals surface area (Å²) < 4.78 is 29.0. The van der Waals surface area contributed by atoms with E-state index in [0.29, 0.717) is 5.92 Å². The molecule has 1 fully saturated rings. The maximum Gasteiger partial charge on any atom is 0.134 e. The van der Waals surface area contributed by atoms with Gasteiger partial charge in [-0.25, -0.2) is 8.78 Å². The largest absolute Gasteiger partial charge is 0.507 e. The van der Waals surface area contributed by atoms with E-state index in [1.807, 2.05) is 6.07 Å². The highest BCUT2D eigenvalue weighted by molar-refractivity contribution is 5.74. The van der Waals surface area contributed by atoms with Crippen LogP contribution in [0.3, 0.4) is 0 Å². The number of aryl methyl sites for hydroxylation is 1. The number of aromatic hydroxyl groups is 1. The van der Waals surface area contributed by atoms with Gasteiger partial charge in [0.1, 0.15) is 17.4 Å². The minimum atomic E-state index is -0.641. The lowest BCUT2D eigenvalue weighted by molar-refractivity contribution is 0.357. The molecule has 0 amide bonds. The average molecular weight is 401 g/mol. The van der Waals surface area contributed by atoms with Crippen molar-refractivity contribution in [2.24, 2.45) is 5.92 Å². The SMILES string of the molecule is CC(C)(C)c1cc(CCC2CCCCCCC2)c(O)c(-c2c(F)cccc2F)c1. The standard InChI is InChI=1S/C26H34F2O/c1-26(2,3)20-16-19(15-14-18-10-7-5-4-6-8-11-18)25(29)21(17-20)24-22(27)12-9-13-23(24)28/h9,12-13,16-18,29H,4-8,10-11,14-15H2,1-3H3. The molecular weight excluding hydrogens is 366 g/mol. The number of phenols is 1. The molecule has 0 aliphatic heterocycles. The molecule has 1 aliphatic carbocycles. The van der Waals surface area contributed by atoms with Crippen molar-refractivity contribution in [3.63, 3.8) is 0 Å². The molecule has 3 heteroatoms. The second kappa shape index (κ2) is 9.28. The molecule has 2 aromatic carbocycles. The van der Waals surface area contributed by atoms with Crippen LogP contribution in [0.4, 0.5) is 8.78 Å². The Morgan fingerprint density at radius 1 is 0.931 bits per heavy atom. The molecular formula is C26H34F2O. The first-order valence-electron chi connectivity index (χ1n) is 11.1. The van der Waals surface area contributed by atoms with E-state index in [9.17, 15) is 13.9 Å². The van der Waals surface area contributed by atoms with Gasteiger partial charge in [-0.05, 0) is 53.5 Å². The Bertz CT molecular complexity index is 807. The molecule has 29 heavy (non-hydrogen) atoms. The lowest BCUT2D eigenvalue weighted by Gasteiger charge is -2.24. The van der Waals surface area contributed by atoms with E-state index in [4.69, 9.17) is 0 Å². The Balaban J connectivity index is 1.96. The van der Waals surface area contributed by atoms with E-state index in [1.54, 1.807) is 6.07 Å². The average Bonchev–Trinajstić information content (AvgIpc) is 2.62. The summed E-state index contributed by atoms with van der Waals surface area (Å²) in [6, 6.07) is 7.62. The Morgan fingerprint density at radius 3 is 2.10 bits per heavy atom. The number of halogens is 2. The summed E-state index contributed by atoms with van der Waals surface area (Å²) in [4.78, 5) is 0. The van der Waals surface area contributed by atoms with Crippen LogP contribution in [0.25, 0.3) is 11.1 Å². The zero-order valence-corrected chi connectivity index (χ0v) is 18.0. The Labute approximate surface area is 174 Å². The highest BCUT2D eigenvalue weighted by Crippen LogP contribution is 2.40. The van der Waals surface area contributed by atoms with Gasteiger partial charge in [0.05, 0.1) is 5.56 Å². The van der Waals surface area contributed by atoms with E-state index >= 15 is 0 Å². The van der Waals surface area contributed by atoms with Crippen LogP contribution >= 0.6 is 0 Å².